The molecule has 0 N–H and O–H groups in total. The number of thiophene rings is 1. The topological polar surface area (TPSA) is 52.6 Å². The summed E-state index contributed by atoms with van der Waals surface area (Å²) in [5.41, 5.74) is 2.26. The third-order valence-electron chi connectivity index (χ3n) is 5.21. The predicted octanol–water partition coefficient (Wildman–Crippen LogP) is 1.74. The van der Waals surface area contributed by atoms with E-state index >= 15 is 0 Å². The quantitative estimate of drug-likeness (QED) is 0.830. The maximum absolute atomic E-state index is 12.7. The summed E-state index contributed by atoms with van der Waals surface area (Å²) in [6.07, 6.45) is 3.78. The number of hydrogen-bond acceptors (Lipinski definition) is 6. The van der Waals surface area contributed by atoms with Crippen molar-refractivity contribution in [3.05, 3.63) is 17.3 Å². The summed E-state index contributed by atoms with van der Waals surface area (Å²) >= 11 is 1.71. The van der Waals surface area contributed by atoms with Crippen molar-refractivity contribution in [3.8, 4) is 0 Å². The molecule has 2 fully saturated rings. The number of likely N-dealkylation sites (tertiary alicyclic amines) is 1. The number of fused-ring (bicyclic) bond motifs is 1. The van der Waals surface area contributed by atoms with E-state index in [-0.39, 0.29) is 6.04 Å². The fourth-order valence-corrected chi connectivity index (χ4v) is 4.77. The fourth-order valence-electron chi connectivity index (χ4n) is 3.75. The molecule has 2 aliphatic rings. The first-order valence-corrected chi connectivity index (χ1v) is 9.46. The van der Waals surface area contributed by atoms with Gasteiger partial charge in [-0.1, -0.05) is 0 Å². The summed E-state index contributed by atoms with van der Waals surface area (Å²) in [5.74, 6) is 1.32. The minimum atomic E-state index is 0.0854. The molecule has 24 heavy (non-hydrogen) atoms. The van der Waals surface area contributed by atoms with Crippen LogP contribution in [-0.2, 0) is 4.79 Å². The van der Waals surface area contributed by atoms with Crippen LogP contribution in [0.25, 0.3) is 10.2 Å². The van der Waals surface area contributed by atoms with Crippen LogP contribution in [0.5, 0.6) is 0 Å². The predicted molar refractivity (Wildman–Crippen MR) is 96.6 cm³/mol. The van der Waals surface area contributed by atoms with Gasteiger partial charge >= 0.3 is 0 Å². The first-order chi connectivity index (χ1) is 11.6. The van der Waals surface area contributed by atoms with E-state index in [9.17, 15) is 4.79 Å². The average Bonchev–Trinajstić information content (AvgIpc) is 3.20. The average molecular weight is 345 g/mol. The number of hydrogen-bond donors (Lipinski definition) is 0. The zero-order chi connectivity index (χ0) is 16.7. The van der Waals surface area contributed by atoms with Crippen LogP contribution in [0.1, 0.15) is 18.4 Å². The van der Waals surface area contributed by atoms with Gasteiger partial charge in [-0.05, 0) is 44.3 Å². The van der Waals surface area contributed by atoms with Gasteiger partial charge in [0, 0.05) is 26.2 Å². The van der Waals surface area contributed by atoms with Gasteiger partial charge in [-0.25, -0.2) is 9.97 Å². The van der Waals surface area contributed by atoms with Gasteiger partial charge in [0.15, 0.2) is 0 Å². The number of aryl methyl sites for hydroxylation is 1. The van der Waals surface area contributed by atoms with Crippen LogP contribution in [0.2, 0.25) is 0 Å². The number of aromatic nitrogens is 2. The Balaban J connectivity index is 1.47. The zero-order valence-electron chi connectivity index (χ0n) is 14.2. The molecule has 6 nitrogen and oxygen atoms in total. The molecule has 0 saturated carbocycles. The van der Waals surface area contributed by atoms with Crippen LogP contribution in [-0.4, -0.2) is 71.5 Å². The van der Waals surface area contributed by atoms with E-state index in [4.69, 9.17) is 0 Å². The minimum Gasteiger partial charge on any atom is -0.352 e. The van der Waals surface area contributed by atoms with E-state index in [0.29, 0.717) is 5.91 Å². The molecule has 1 amide bonds. The van der Waals surface area contributed by atoms with Crippen molar-refractivity contribution in [2.45, 2.75) is 25.8 Å². The maximum atomic E-state index is 12.7. The summed E-state index contributed by atoms with van der Waals surface area (Å²) in [7, 11) is 2.06. The second-order valence-electron chi connectivity index (χ2n) is 6.74. The summed E-state index contributed by atoms with van der Waals surface area (Å²) < 4.78 is 1.16. The van der Waals surface area contributed by atoms with Crippen LogP contribution < -0.4 is 4.90 Å². The number of piperazine rings is 1. The molecule has 4 rings (SSSR count). The maximum Gasteiger partial charge on any atom is 0.240 e. The zero-order valence-corrected chi connectivity index (χ0v) is 15.1. The van der Waals surface area contributed by atoms with Gasteiger partial charge in [-0.2, -0.15) is 0 Å². The molecule has 1 unspecified atom stereocenters. The Bertz CT molecular complexity index is 753. The second kappa shape index (κ2) is 6.29. The molecule has 2 saturated heterocycles. The van der Waals surface area contributed by atoms with Crippen LogP contribution in [0, 0.1) is 6.92 Å². The lowest BCUT2D eigenvalue weighted by Crippen LogP contribution is -2.53. The lowest BCUT2D eigenvalue weighted by atomic mass is 10.1. The SMILES string of the molecule is Cc1csc2c(N3CCN(C(=O)C4CCCN4C)CC3)ncnc12. The van der Waals surface area contributed by atoms with Gasteiger partial charge in [-0.15, -0.1) is 11.3 Å². The number of likely N-dealkylation sites (N-methyl/N-ethyl adjacent to an activating group) is 1. The van der Waals surface area contributed by atoms with E-state index < -0.39 is 0 Å². The summed E-state index contributed by atoms with van der Waals surface area (Å²) in [5, 5.41) is 2.14. The number of rotatable bonds is 2. The molecule has 0 spiro atoms. The highest BCUT2D eigenvalue weighted by atomic mass is 32.1. The number of nitrogens with zero attached hydrogens (tertiary/aromatic N) is 5. The van der Waals surface area contributed by atoms with Gasteiger partial charge in [0.2, 0.25) is 5.91 Å². The molecular weight excluding hydrogens is 322 g/mol. The Kier molecular flexibility index (Phi) is 4.14. The molecule has 128 valence electrons. The highest BCUT2D eigenvalue weighted by Crippen LogP contribution is 2.31. The van der Waals surface area contributed by atoms with Crippen molar-refractivity contribution >= 4 is 33.3 Å². The summed E-state index contributed by atoms with van der Waals surface area (Å²) in [6.45, 7) is 6.35. The second-order valence-corrected chi connectivity index (χ2v) is 7.62. The molecule has 2 aromatic heterocycles. The minimum absolute atomic E-state index is 0.0854. The van der Waals surface area contributed by atoms with Crippen molar-refractivity contribution < 1.29 is 4.79 Å². The monoisotopic (exact) mass is 345 g/mol. The number of carbonyl (C=O) groups is 1. The van der Waals surface area contributed by atoms with E-state index in [0.717, 1.165) is 61.6 Å². The number of carbonyl (C=O) groups excluding carboxylic acids is 1. The molecule has 2 aromatic rings. The molecule has 0 aromatic carbocycles. The highest BCUT2D eigenvalue weighted by molar-refractivity contribution is 7.18. The van der Waals surface area contributed by atoms with Crippen LogP contribution in [0.15, 0.2) is 11.7 Å². The van der Waals surface area contributed by atoms with Gasteiger partial charge < -0.3 is 9.80 Å². The van der Waals surface area contributed by atoms with Crippen molar-refractivity contribution in [1.82, 2.24) is 19.8 Å². The van der Waals surface area contributed by atoms with E-state index in [2.05, 4.69) is 39.1 Å². The fraction of sp³-hybridized carbons (Fsp3) is 0.588. The molecule has 0 bridgehead atoms. The molecule has 2 aliphatic heterocycles. The van der Waals surface area contributed by atoms with Crippen LogP contribution in [0.3, 0.4) is 0 Å². The largest absolute Gasteiger partial charge is 0.352 e. The first-order valence-electron chi connectivity index (χ1n) is 8.58. The lowest BCUT2D eigenvalue weighted by Gasteiger charge is -2.37. The lowest BCUT2D eigenvalue weighted by molar-refractivity contribution is -0.135. The first kappa shape index (κ1) is 15.8. The Morgan fingerprint density at radius 2 is 2.00 bits per heavy atom. The normalized spacial score (nSPS) is 22.5. The van der Waals surface area contributed by atoms with Gasteiger partial charge in [0.05, 0.1) is 16.3 Å². The van der Waals surface area contributed by atoms with Crippen molar-refractivity contribution in [2.75, 3.05) is 44.7 Å². The van der Waals surface area contributed by atoms with Crippen molar-refractivity contribution in [3.63, 3.8) is 0 Å². The third kappa shape index (κ3) is 2.65. The van der Waals surface area contributed by atoms with Crippen molar-refractivity contribution in [2.24, 2.45) is 0 Å². The van der Waals surface area contributed by atoms with Crippen LogP contribution in [0.4, 0.5) is 5.82 Å². The molecule has 1 atom stereocenters. The number of anilines is 1. The molecule has 0 aliphatic carbocycles. The third-order valence-corrected chi connectivity index (χ3v) is 6.29. The Morgan fingerprint density at radius 3 is 2.71 bits per heavy atom. The van der Waals surface area contributed by atoms with E-state index in [1.54, 1.807) is 17.7 Å². The van der Waals surface area contributed by atoms with Gasteiger partial charge in [-0.3, -0.25) is 9.69 Å². The molecule has 0 radical (unpaired) electrons. The van der Waals surface area contributed by atoms with Crippen LogP contribution >= 0.6 is 11.3 Å². The molecular formula is C17H23N5OS. The standard InChI is InChI=1S/C17H23N5OS/c1-12-10-24-15-14(12)18-11-19-16(15)21-6-8-22(9-7-21)17(23)13-4-3-5-20(13)2/h10-11,13H,3-9H2,1-2H3. The van der Waals surface area contributed by atoms with Gasteiger partial charge in [0.1, 0.15) is 12.1 Å². The van der Waals surface area contributed by atoms with Crippen molar-refractivity contribution in [1.29, 1.82) is 0 Å². The summed E-state index contributed by atoms with van der Waals surface area (Å²) in [4.78, 5) is 28.1. The Hall–Kier alpha value is -1.73. The van der Waals surface area contributed by atoms with E-state index in [1.807, 2.05) is 4.90 Å². The molecule has 7 heteroatoms. The smallest absolute Gasteiger partial charge is 0.240 e. The summed E-state index contributed by atoms with van der Waals surface area (Å²) in [6, 6.07) is 0.0854. The Labute approximate surface area is 146 Å². The van der Waals surface area contributed by atoms with Gasteiger partial charge in [0.25, 0.3) is 0 Å². The number of amides is 1. The Morgan fingerprint density at radius 1 is 1.21 bits per heavy atom. The highest BCUT2D eigenvalue weighted by Gasteiger charge is 2.33. The van der Waals surface area contributed by atoms with E-state index in [1.165, 1.54) is 5.56 Å². The molecule has 4 heterocycles.